The molecule has 5 heteroatoms. The van der Waals surface area contributed by atoms with E-state index in [2.05, 4.69) is 0 Å². The van der Waals surface area contributed by atoms with Gasteiger partial charge in [0.05, 0.1) is 0 Å². The predicted molar refractivity (Wildman–Crippen MR) is 73.2 cm³/mol. The molecule has 0 spiro atoms. The largest absolute Gasteiger partial charge is 0.331 e. The lowest BCUT2D eigenvalue weighted by Gasteiger charge is -2.25. The molecule has 0 saturated carbocycles. The Bertz CT molecular complexity index is 532. The molecule has 0 bridgehead atoms. The van der Waals surface area contributed by atoms with Crippen LogP contribution in [0.1, 0.15) is 19.3 Å². The van der Waals surface area contributed by atoms with Gasteiger partial charge in [0.15, 0.2) is 0 Å². The molecule has 2 amide bonds. The molecule has 100 valence electrons. The number of anilines is 1. The third-order valence-corrected chi connectivity index (χ3v) is 4.03. The lowest BCUT2D eigenvalue weighted by Crippen LogP contribution is -2.43. The van der Waals surface area contributed by atoms with Gasteiger partial charge in [-0.1, -0.05) is 17.7 Å². The number of hydrogen-bond acceptors (Lipinski definition) is 2. The summed E-state index contributed by atoms with van der Waals surface area (Å²) in [5.41, 5.74) is 0.777. The van der Waals surface area contributed by atoms with Crippen LogP contribution in [0.5, 0.6) is 0 Å². The normalized spacial score (nSPS) is 23.5. The molecule has 2 fully saturated rings. The van der Waals surface area contributed by atoms with Crippen molar-refractivity contribution in [2.75, 3.05) is 18.0 Å². The van der Waals surface area contributed by atoms with Gasteiger partial charge in [-0.2, -0.15) is 0 Å². The highest BCUT2D eigenvalue weighted by molar-refractivity contribution is 6.31. The van der Waals surface area contributed by atoms with Gasteiger partial charge in [-0.25, -0.2) is 0 Å². The van der Waals surface area contributed by atoms with Crippen LogP contribution in [0, 0.1) is 0 Å². The third-order valence-electron chi connectivity index (χ3n) is 3.79. The van der Waals surface area contributed by atoms with Gasteiger partial charge in [0.2, 0.25) is 11.8 Å². The maximum absolute atomic E-state index is 12.6. The zero-order valence-corrected chi connectivity index (χ0v) is 11.3. The molecule has 2 aliphatic rings. The zero-order valence-electron chi connectivity index (χ0n) is 10.5. The SMILES string of the molecule is O=C1C2CCCN2C(=O)CCN1c1cccc(Cl)c1. The first kappa shape index (κ1) is 12.5. The Morgan fingerprint density at radius 3 is 2.84 bits per heavy atom. The number of hydrogen-bond donors (Lipinski definition) is 0. The fourth-order valence-electron chi connectivity index (χ4n) is 2.86. The van der Waals surface area contributed by atoms with E-state index in [0.29, 0.717) is 24.5 Å². The summed E-state index contributed by atoms with van der Waals surface area (Å²) in [4.78, 5) is 28.0. The average Bonchev–Trinajstić information content (AvgIpc) is 2.84. The van der Waals surface area contributed by atoms with Crippen molar-refractivity contribution in [2.45, 2.75) is 25.3 Å². The lowest BCUT2D eigenvalue weighted by molar-refractivity contribution is -0.135. The van der Waals surface area contributed by atoms with Crippen LogP contribution in [-0.4, -0.2) is 35.8 Å². The summed E-state index contributed by atoms with van der Waals surface area (Å²) < 4.78 is 0. The highest BCUT2D eigenvalue weighted by Crippen LogP contribution is 2.28. The van der Waals surface area contributed by atoms with Gasteiger partial charge in [-0.15, -0.1) is 0 Å². The summed E-state index contributed by atoms with van der Waals surface area (Å²) in [6.07, 6.45) is 2.06. The predicted octanol–water partition coefficient (Wildman–Crippen LogP) is 2.07. The first-order valence-corrected chi connectivity index (χ1v) is 6.91. The standard InChI is InChI=1S/C14H15ClN2O2/c15-10-3-1-4-11(9-10)16-8-6-13(18)17-7-2-5-12(17)14(16)19/h1,3-4,9,12H,2,5-8H2. The second-order valence-corrected chi connectivity index (χ2v) is 5.40. The molecule has 2 heterocycles. The molecule has 0 aliphatic carbocycles. The van der Waals surface area contributed by atoms with Gasteiger partial charge >= 0.3 is 0 Å². The molecular weight excluding hydrogens is 264 g/mol. The molecular formula is C14H15ClN2O2. The molecule has 3 rings (SSSR count). The van der Waals surface area contributed by atoms with Gasteiger partial charge in [-0.05, 0) is 31.0 Å². The van der Waals surface area contributed by atoms with E-state index in [0.717, 1.165) is 18.5 Å². The van der Waals surface area contributed by atoms with Crippen LogP contribution in [0.25, 0.3) is 0 Å². The maximum atomic E-state index is 12.6. The van der Waals surface area contributed by atoms with E-state index in [4.69, 9.17) is 11.6 Å². The van der Waals surface area contributed by atoms with Crippen molar-refractivity contribution in [1.82, 2.24) is 4.90 Å². The minimum atomic E-state index is -0.283. The average molecular weight is 279 g/mol. The van der Waals surface area contributed by atoms with E-state index in [1.807, 2.05) is 12.1 Å². The van der Waals surface area contributed by atoms with Gasteiger partial charge in [0, 0.05) is 30.2 Å². The molecule has 1 atom stereocenters. The molecule has 1 aromatic rings. The topological polar surface area (TPSA) is 40.6 Å². The van der Waals surface area contributed by atoms with Gasteiger partial charge in [0.25, 0.3) is 0 Å². The van der Waals surface area contributed by atoms with E-state index in [1.54, 1.807) is 21.9 Å². The van der Waals surface area contributed by atoms with E-state index in [1.165, 1.54) is 0 Å². The Morgan fingerprint density at radius 1 is 1.21 bits per heavy atom. The minimum Gasteiger partial charge on any atom is -0.331 e. The highest BCUT2D eigenvalue weighted by atomic mass is 35.5. The molecule has 1 aromatic carbocycles. The van der Waals surface area contributed by atoms with Gasteiger partial charge < -0.3 is 9.80 Å². The molecule has 1 unspecified atom stereocenters. The van der Waals surface area contributed by atoms with Crippen molar-refractivity contribution < 1.29 is 9.59 Å². The smallest absolute Gasteiger partial charge is 0.249 e. The molecule has 0 radical (unpaired) electrons. The number of benzene rings is 1. The van der Waals surface area contributed by atoms with Gasteiger partial charge in [-0.3, -0.25) is 9.59 Å². The Morgan fingerprint density at radius 2 is 2.05 bits per heavy atom. The Kier molecular flexibility index (Phi) is 3.19. The fourth-order valence-corrected chi connectivity index (χ4v) is 3.05. The first-order valence-electron chi connectivity index (χ1n) is 6.53. The maximum Gasteiger partial charge on any atom is 0.249 e. The third kappa shape index (κ3) is 2.21. The number of halogens is 1. The highest BCUT2D eigenvalue weighted by Gasteiger charge is 2.39. The summed E-state index contributed by atoms with van der Waals surface area (Å²) in [5.74, 6) is 0.103. The van der Waals surface area contributed by atoms with Gasteiger partial charge in [0.1, 0.15) is 6.04 Å². The van der Waals surface area contributed by atoms with Crippen LogP contribution in [0.15, 0.2) is 24.3 Å². The summed E-state index contributed by atoms with van der Waals surface area (Å²) in [5, 5.41) is 0.601. The summed E-state index contributed by atoms with van der Waals surface area (Å²) in [6, 6.07) is 6.95. The number of amides is 2. The van der Waals surface area contributed by atoms with Crippen molar-refractivity contribution in [2.24, 2.45) is 0 Å². The Labute approximate surface area is 116 Å². The van der Waals surface area contributed by atoms with Crippen LogP contribution in [-0.2, 0) is 9.59 Å². The molecule has 19 heavy (non-hydrogen) atoms. The first-order chi connectivity index (χ1) is 9.16. The van der Waals surface area contributed by atoms with Crippen LogP contribution < -0.4 is 4.90 Å². The van der Waals surface area contributed by atoms with E-state index in [-0.39, 0.29) is 17.9 Å². The number of carbonyl (C=O) groups excluding carboxylic acids is 2. The summed E-state index contributed by atoms with van der Waals surface area (Å²) >= 11 is 5.98. The van der Waals surface area contributed by atoms with Crippen LogP contribution in [0.2, 0.25) is 5.02 Å². The quantitative estimate of drug-likeness (QED) is 0.789. The fraction of sp³-hybridized carbons (Fsp3) is 0.429. The van der Waals surface area contributed by atoms with Crippen molar-refractivity contribution in [1.29, 1.82) is 0 Å². The second-order valence-electron chi connectivity index (χ2n) is 4.96. The molecule has 4 nitrogen and oxygen atoms in total. The number of rotatable bonds is 1. The van der Waals surface area contributed by atoms with Crippen molar-refractivity contribution >= 4 is 29.1 Å². The molecule has 0 N–H and O–H groups in total. The number of fused-ring (bicyclic) bond motifs is 1. The van der Waals surface area contributed by atoms with Crippen molar-refractivity contribution in [3.8, 4) is 0 Å². The summed E-state index contributed by atoms with van der Waals surface area (Å²) in [7, 11) is 0. The van der Waals surface area contributed by atoms with E-state index in [9.17, 15) is 9.59 Å². The summed E-state index contributed by atoms with van der Waals surface area (Å²) in [6.45, 7) is 1.14. The number of carbonyl (C=O) groups is 2. The van der Waals surface area contributed by atoms with Crippen LogP contribution in [0.3, 0.4) is 0 Å². The molecule has 2 saturated heterocycles. The Balaban J connectivity index is 1.94. The van der Waals surface area contributed by atoms with Crippen LogP contribution >= 0.6 is 11.6 Å². The number of nitrogens with zero attached hydrogens (tertiary/aromatic N) is 2. The van der Waals surface area contributed by atoms with E-state index < -0.39 is 0 Å². The molecule has 0 aromatic heterocycles. The monoisotopic (exact) mass is 278 g/mol. The van der Waals surface area contributed by atoms with Crippen molar-refractivity contribution in [3.05, 3.63) is 29.3 Å². The minimum absolute atomic E-state index is 0.0191. The van der Waals surface area contributed by atoms with Crippen LogP contribution in [0.4, 0.5) is 5.69 Å². The van der Waals surface area contributed by atoms with Crippen molar-refractivity contribution in [3.63, 3.8) is 0 Å². The van der Waals surface area contributed by atoms with E-state index >= 15 is 0 Å². The zero-order chi connectivity index (χ0) is 13.4. The second kappa shape index (κ2) is 4.85. The Hall–Kier alpha value is -1.55. The lowest BCUT2D eigenvalue weighted by atomic mass is 10.2. The molecule has 2 aliphatic heterocycles.